The summed E-state index contributed by atoms with van der Waals surface area (Å²) in [6, 6.07) is 1.51. The number of hydrogen-bond acceptors (Lipinski definition) is 5. The number of nitrogens with zero attached hydrogens (tertiary/aromatic N) is 2. The number of thiophene rings is 1. The highest BCUT2D eigenvalue weighted by Crippen LogP contribution is 2.33. The Labute approximate surface area is 90.2 Å². The van der Waals surface area contributed by atoms with E-state index in [9.17, 15) is 10.1 Å². The molecule has 0 amide bonds. The number of aryl methyl sites for hydroxylation is 1. The van der Waals surface area contributed by atoms with Crippen molar-refractivity contribution in [3.63, 3.8) is 0 Å². The van der Waals surface area contributed by atoms with E-state index < -0.39 is 4.92 Å². The Morgan fingerprint density at radius 2 is 2.20 bits per heavy atom. The number of fused-ring (bicyclic) bond motifs is 1. The second-order valence-corrected chi connectivity index (χ2v) is 4.55. The van der Waals surface area contributed by atoms with Gasteiger partial charge < -0.3 is 5.21 Å². The molecule has 6 heteroatoms. The summed E-state index contributed by atoms with van der Waals surface area (Å²) in [5.74, 6) is 0. The molecule has 1 aliphatic carbocycles. The second kappa shape index (κ2) is 3.98. The van der Waals surface area contributed by atoms with Crippen LogP contribution in [0.15, 0.2) is 11.2 Å². The Balaban J connectivity index is 2.47. The minimum Gasteiger partial charge on any atom is -0.411 e. The third-order valence-corrected chi connectivity index (χ3v) is 3.62. The van der Waals surface area contributed by atoms with Gasteiger partial charge in [-0.3, -0.25) is 10.1 Å². The fourth-order valence-corrected chi connectivity index (χ4v) is 2.79. The predicted octanol–water partition coefficient (Wildman–Crippen LogP) is 2.56. The molecule has 1 aliphatic rings. The number of oxime groups is 1. The van der Waals surface area contributed by atoms with Crippen molar-refractivity contribution in [3.05, 3.63) is 26.6 Å². The first-order valence-corrected chi connectivity index (χ1v) is 5.52. The quantitative estimate of drug-likeness (QED) is 0.346. The summed E-state index contributed by atoms with van der Waals surface area (Å²) < 4.78 is 0. The van der Waals surface area contributed by atoms with Crippen LogP contribution in [0.3, 0.4) is 0 Å². The lowest BCUT2D eigenvalue weighted by atomic mass is 10.1. The Kier molecular flexibility index (Phi) is 2.68. The first-order chi connectivity index (χ1) is 7.22. The van der Waals surface area contributed by atoms with Crippen molar-refractivity contribution in [2.45, 2.75) is 25.7 Å². The molecule has 0 unspecified atom stereocenters. The highest BCUT2D eigenvalue weighted by Gasteiger charge is 2.22. The standard InChI is InChI=1S/C9H10N2O3S/c12-10-7-3-1-2-4-8-6(7)5-9(15-8)11(13)14/h5,12H,1-4H2/b10-7+. The van der Waals surface area contributed by atoms with Crippen LogP contribution >= 0.6 is 11.3 Å². The van der Waals surface area contributed by atoms with Crippen molar-refractivity contribution >= 4 is 22.0 Å². The van der Waals surface area contributed by atoms with Gasteiger partial charge in [-0.15, -0.1) is 0 Å². The second-order valence-electron chi connectivity index (χ2n) is 3.43. The van der Waals surface area contributed by atoms with Gasteiger partial charge in [0.2, 0.25) is 0 Å². The van der Waals surface area contributed by atoms with Crippen molar-refractivity contribution in [2.75, 3.05) is 0 Å². The van der Waals surface area contributed by atoms with Crippen LogP contribution < -0.4 is 0 Å². The molecule has 0 saturated heterocycles. The van der Waals surface area contributed by atoms with Crippen LogP contribution in [-0.4, -0.2) is 15.8 Å². The van der Waals surface area contributed by atoms with E-state index in [-0.39, 0.29) is 5.00 Å². The lowest BCUT2D eigenvalue weighted by Crippen LogP contribution is -1.98. The average Bonchev–Trinajstić information content (AvgIpc) is 2.54. The highest BCUT2D eigenvalue weighted by molar-refractivity contribution is 7.15. The zero-order chi connectivity index (χ0) is 10.8. The summed E-state index contributed by atoms with van der Waals surface area (Å²) in [4.78, 5) is 11.2. The number of rotatable bonds is 1. The minimum atomic E-state index is -0.395. The molecule has 1 aromatic heterocycles. The van der Waals surface area contributed by atoms with Gasteiger partial charge in [-0.05, 0) is 25.7 Å². The Hall–Kier alpha value is -1.43. The van der Waals surface area contributed by atoms with Gasteiger partial charge in [-0.1, -0.05) is 16.5 Å². The van der Waals surface area contributed by atoms with Crippen LogP contribution in [-0.2, 0) is 6.42 Å². The monoisotopic (exact) mass is 226 g/mol. The molecule has 1 heterocycles. The Bertz CT molecular complexity index is 425. The maximum Gasteiger partial charge on any atom is 0.325 e. The normalized spacial score (nSPS) is 18.5. The first-order valence-electron chi connectivity index (χ1n) is 4.71. The molecule has 0 saturated carbocycles. The summed E-state index contributed by atoms with van der Waals surface area (Å²) in [6.45, 7) is 0. The maximum atomic E-state index is 10.6. The van der Waals surface area contributed by atoms with Crippen LogP contribution in [0.25, 0.3) is 0 Å². The lowest BCUT2D eigenvalue weighted by molar-refractivity contribution is -0.380. The van der Waals surface area contributed by atoms with Gasteiger partial charge in [0.25, 0.3) is 0 Å². The van der Waals surface area contributed by atoms with Gasteiger partial charge in [-0.2, -0.15) is 0 Å². The third-order valence-electron chi connectivity index (χ3n) is 2.47. The molecule has 15 heavy (non-hydrogen) atoms. The lowest BCUT2D eigenvalue weighted by Gasteiger charge is -1.97. The third kappa shape index (κ3) is 1.85. The van der Waals surface area contributed by atoms with E-state index >= 15 is 0 Å². The van der Waals surface area contributed by atoms with E-state index in [4.69, 9.17) is 5.21 Å². The number of hydrogen-bond donors (Lipinski definition) is 1. The van der Waals surface area contributed by atoms with E-state index in [1.807, 2.05) is 0 Å². The van der Waals surface area contributed by atoms with Crippen molar-refractivity contribution in [1.82, 2.24) is 0 Å². The van der Waals surface area contributed by atoms with Crippen molar-refractivity contribution in [2.24, 2.45) is 5.16 Å². The van der Waals surface area contributed by atoms with Gasteiger partial charge in [0.05, 0.1) is 10.6 Å². The topological polar surface area (TPSA) is 75.7 Å². The SMILES string of the molecule is O=[N+]([O-])c1cc2c(s1)CCCC/C2=N\O. The van der Waals surface area contributed by atoms with E-state index in [2.05, 4.69) is 5.16 Å². The molecular weight excluding hydrogens is 216 g/mol. The molecule has 5 nitrogen and oxygen atoms in total. The summed E-state index contributed by atoms with van der Waals surface area (Å²) >= 11 is 1.18. The van der Waals surface area contributed by atoms with Gasteiger partial charge in [0.1, 0.15) is 0 Å². The van der Waals surface area contributed by atoms with Gasteiger partial charge in [0, 0.05) is 16.5 Å². The van der Waals surface area contributed by atoms with E-state index in [1.54, 1.807) is 0 Å². The molecule has 0 radical (unpaired) electrons. The summed E-state index contributed by atoms with van der Waals surface area (Å²) in [7, 11) is 0. The maximum absolute atomic E-state index is 10.6. The zero-order valence-corrected chi connectivity index (χ0v) is 8.79. The van der Waals surface area contributed by atoms with Gasteiger partial charge in [0.15, 0.2) is 0 Å². The predicted molar refractivity (Wildman–Crippen MR) is 56.9 cm³/mol. The highest BCUT2D eigenvalue weighted by atomic mass is 32.1. The number of nitro groups is 1. The minimum absolute atomic E-state index is 0.128. The van der Waals surface area contributed by atoms with Crippen LogP contribution in [0, 0.1) is 10.1 Å². The van der Waals surface area contributed by atoms with E-state index in [0.717, 1.165) is 29.7 Å². The van der Waals surface area contributed by atoms with Crippen LogP contribution in [0.5, 0.6) is 0 Å². The fourth-order valence-electron chi connectivity index (χ4n) is 1.75. The van der Waals surface area contributed by atoms with Crippen molar-refractivity contribution in [3.8, 4) is 0 Å². The molecule has 0 fully saturated rings. The van der Waals surface area contributed by atoms with Crippen LogP contribution in [0.1, 0.15) is 29.7 Å². The zero-order valence-electron chi connectivity index (χ0n) is 7.97. The average molecular weight is 226 g/mol. The Morgan fingerprint density at radius 3 is 2.87 bits per heavy atom. The molecule has 1 aromatic rings. The fraction of sp³-hybridized carbons (Fsp3) is 0.444. The van der Waals surface area contributed by atoms with E-state index in [0.29, 0.717) is 12.1 Å². The first kappa shape index (κ1) is 10.1. The van der Waals surface area contributed by atoms with Crippen LogP contribution in [0.2, 0.25) is 0 Å². The van der Waals surface area contributed by atoms with Crippen molar-refractivity contribution in [1.29, 1.82) is 0 Å². The smallest absolute Gasteiger partial charge is 0.325 e. The molecule has 1 N–H and O–H groups in total. The molecule has 2 rings (SSSR count). The molecular formula is C9H10N2O3S. The van der Waals surface area contributed by atoms with Gasteiger partial charge >= 0.3 is 5.00 Å². The summed E-state index contributed by atoms with van der Waals surface area (Å²) in [5.41, 5.74) is 1.33. The summed E-state index contributed by atoms with van der Waals surface area (Å²) in [6.07, 6.45) is 3.49. The molecule has 0 aromatic carbocycles. The van der Waals surface area contributed by atoms with E-state index in [1.165, 1.54) is 17.4 Å². The van der Waals surface area contributed by atoms with Crippen molar-refractivity contribution < 1.29 is 10.1 Å². The Morgan fingerprint density at radius 1 is 1.47 bits per heavy atom. The molecule has 0 bridgehead atoms. The largest absolute Gasteiger partial charge is 0.411 e. The van der Waals surface area contributed by atoms with Crippen LogP contribution in [0.4, 0.5) is 5.00 Å². The molecule has 80 valence electrons. The summed E-state index contributed by atoms with van der Waals surface area (Å²) in [5, 5.41) is 22.8. The molecule has 0 spiro atoms. The van der Waals surface area contributed by atoms with Gasteiger partial charge in [-0.25, -0.2) is 0 Å². The molecule has 0 atom stereocenters. The molecule has 0 aliphatic heterocycles.